The molecule has 3 aromatic carbocycles. The first-order valence-corrected chi connectivity index (χ1v) is 11.1. The molecule has 0 aromatic heterocycles. The number of carbonyl (C=O) groups excluding carboxylic acids is 1. The van der Waals surface area contributed by atoms with Crippen LogP contribution in [0.25, 0.3) is 0 Å². The molecule has 0 aliphatic rings. The lowest BCUT2D eigenvalue weighted by Gasteiger charge is -2.14. The Morgan fingerprint density at radius 2 is 1.47 bits per heavy atom. The molecule has 0 saturated heterocycles. The number of para-hydroxylation sites is 1. The SMILES string of the molecule is COc1cc(C(=O)Nc2ccc(S(=O)(=O)Nc3ccccc3Cl)cc2)cc(OC)c1OC. The van der Waals surface area contributed by atoms with Gasteiger partial charge in [-0.15, -0.1) is 0 Å². The lowest BCUT2D eigenvalue weighted by atomic mass is 10.1. The van der Waals surface area contributed by atoms with Crippen LogP contribution in [-0.4, -0.2) is 35.7 Å². The number of nitrogens with one attached hydrogen (secondary N) is 2. The Hall–Kier alpha value is -3.43. The number of hydrogen-bond donors (Lipinski definition) is 2. The smallest absolute Gasteiger partial charge is 0.261 e. The lowest BCUT2D eigenvalue weighted by Crippen LogP contribution is -2.14. The Labute approximate surface area is 191 Å². The van der Waals surface area contributed by atoms with Gasteiger partial charge in [-0.2, -0.15) is 0 Å². The van der Waals surface area contributed by atoms with Crippen LogP contribution in [0.2, 0.25) is 5.02 Å². The van der Waals surface area contributed by atoms with Gasteiger partial charge in [0.05, 0.1) is 36.9 Å². The molecule has 32 heavy (non-hydrogen) atoms. The fourth-order valence-corrected chi connectivity index (χ4v) is 4.20. The number of carbonyl (C=O) groups is 1. The molecule has 3 aromatic rings. The Kier molecular flexibility index (Phi) is 7.12. The van der Waals surface area contributed by atoms with Crippen LogP contribution in [0, 0.1) is 0 Å². The van der Waals surface area contributed by atoms with Gasteiger partial charge in [0.25, 0.3) is 15.9 Å². The van der Waals surface area contributed by atoms with Crippen LogP contribution in [0.15, 0.2) is 65.6 Å². The molecule has 0 heterocycles. The predicted molar refractivity (Wildman–Crippen MR) is 123 cm³/mol. The van der Waals surface area contributed by atoms with Crippen molar-refractivity contribution in [2.24, 2.45) is 0 Å². The quantitative estimate of drug-likeness (QED) is 0.499. The summed E-state index contributed by atoms with van der Waals surface area (Å²) in [5.41, 5.74) is 0.950. The van der Waals surface area contributed by atoms with E-state index in [1.54, 1.807) is 24.3 Å². The predicted octanol–water partition coefficient (Wildman–Crippen LogP) is 4.42. The summed E-state index contributed by atoms with van der Waals surface area (Å²) < 4.78 is 43.4. The molecule has 0 bridgehead atoms. The zero-order valence-corrected chi connectivity index (χ0v) is 19.1. The van der Waals surface area contributed by atoms with E-state index in [9.17, 15) is 13.2 Å². The molecule has 0 radical (unpaired) electrons. The van der Waals surface area contributed by atoms with Crippen molar-refractivity contribution >= 4 is 38.9 Å². The summed E-state index contributed by atoms with van der Waals surface area (Å²) in [5, 5.41) is 2.99. The fourth-order valence-electron chi connectivity index (χ4n) is 2.88. The van der Waals surface area contributed by atoms with Crippen molar-refractivity contribution in [1.82, 2.24) is 0 Å². The molecular weight excluding hydrogens is 456 g/mol. The summed E-state index contributed by atoms with van der Waals surface area (Å²) in [4.78, 5) is 12.7. The molecule has 168 valence electrons. The van der Waals surface area contributed by atoms with Crippen molar-refractivity contribution in [3.63, 3.8) is 0 Å². The zero-order chi connectivity index (χ0) is 23.3. The molecule has 0 fully saturated rings. The molecule has 0 saturated carbocycles. The van der Waals surface area contributed by atoms with E-state index in [1.807, 2.05) is 0 Å². The molecule has 0 aliphatic heterocycles. The van der Waals surface area contributed by atoms with E-state index in [0.717, 1.165) is 0 Å². The maximum atomic E-state index is 12.7. The molecule has 2 N–H and O–H groups in total. The normalized spacial score (nSPS) is 10.9. The summed E-state index contributed by atoms with van der Waals surface area (Å²) in [5.74, 6) is 0.606. The first kappa shape index (κ1) is 23.2. The van der Waals surface area contributed by atoms with Crippen LogP contribution < -0.4 is 24.2 Å². The van der Waals surface area contributed by atoms with Crippen LogP contribution in [0.5, 0.6) is 17.2 Å². The minimum absolute atomic E-state index is 0.0169. The van der Waals surface area contributed by atoms with Gasteiger partial charge < -0.3 is 19.5 Å². The Morgan fingerprint density at radius 3 is 2.00 bits per heavy atom. The molecular formula is C22H21ClN2O6S. The molecule has 0 atom stereocenters. The number of methoxy groups -OCH3 is 3. The van der Waals surface area contributed by atoms with Crippen LogP contribution in [0.3, 0.4) is 0 Å². The zero-order valence-electron chi connectivity index (χ0n) is 17.5. The van der Waals surface area contributed by atoms with Gasteiger partial charge in [0.1, 0.15) is 0 Å². The second-order valence-electron chi connectivity index (χ2n) is 6.48. The maximum Gasteiger partial charge on any atom is 0.261 e. The third-order valence-electron chi connectivity index (χ3n) is 4.47. The van der Waals surface area contributed by atoms with Gasteiger partial charge in [0.2, 0.25) is 5.75 Å². The number of sulfonamides is 1. The molecule has 0 aliphatic carbocycles. The van der Waals surface area contributed by atoms with Gasteiger partial charge in [-0.25, -0.2) is 8.42 Å². The average molecular weight is 477 g/mol. The van der Waals surface area contributed by atoms with Gasteiger partial charge in [0, 0.05) is 11.3 Å². The lowest BCUT2D eigenvalue weighted by molar-refractivity contribution is 0.102. The summed E-state index contributed by atoms with van der Waals surface area (Å²) in [6, 6.07) is 15.3. The maximum absolute atomic E-state index is 12.7. The fraction of sp³-hybridized carbons (Fsp3) is 0.136. The minimum Gasteiger partial charge on any atom is -0.493 e. The third kappa shape index (κ3) is 5.06. The van der Waals surface area contributed by atoms with E-state index in [0.29, 0.717) is 22.9 Å². The minimum atomic E-state index is -3.85. The largest absolute Gasteiger partial charge is 0.493 e. The summed E-state index contributed by atoms with van der Waals surface area (Å²) in [6.07, 6.45) is 0. The van der Waals surface area contributed by atoms with Gasteiger partial charge in [-0.3, -0.25) is 9.52 Å². The van der Waals surface area contributed by atoms with Crippen molar-refractivity contribution in [3.8, 4) is 17.2 Å². The Balaban J connectivity index is 1.78. The number of halogens is 1. The van der Waals surface area contributed by atoms with Crippen molar-refractivity contribution in [2.75, 3.05) is 31.4 Å². The van der Waals surface area contributed by atoms with E-state index in [2.05, 4.69) is 10.0 Å². The highest BCUT2D eigenvalue weighted by Crippen LogP contribution is 2.38. The second-order valence-corrected chi connectivity index (χ2v) is 8.57. The third-order valence-corrected chi connectivity index (χ3v) is 6.18. The van der Waals surface area contributed by atoms with Gasteiger partial charge in [0.15, 0.2) is 11.5 Å². The standard InChI is InChI=1S/C22H21ClN2O6S/c1-29-19-12-14(13-20(30-2)21(19)31-3)22(26)24-15-8-10-16(11-9-15)32(27,28)25-18-7-5-4-6-17(18)23/h4-13,25H,1-3H3,(H,24,26). The molecule has 8 nitrogen and oxygen atoms in total. The monoisotopic (exact) mass is 476 g/mol. The van der Waals surface area contributed by atoms with Gasteiger partial charge in [-0.05, 0) is 48.5 Å². The van der Waals surface area contributed by atoms with E-state index in [-0.39, 0.29) is 21.2 Å². The molecule has 0 unspecified atom stereocenters. The van der Waals surface area contributed by atoms with E-state index < -0.39 is 15.9 Å². The number of ether oxygens (including phenoxy) is 3. The first-order valence-electron chi connectivity index (χ1n) is 9.28. The number of anilines is 2. The van der Waals surface area contributed by atoms with E-state index in [4.69, 9.17) is 25.8 Å². The highest BCUT2D eigenvalue weighted by atomic mass is 35.5. The number of hydrogen-bond acceptors (Lipinski definition) is 6. The Bertz CT molecular complexity index is 1200. The van der Waals surface area contributed by atoms with Crippen molar-refractivity contribution in [3.05, 3.63) is 71.2 Å². The van der Waals surface area contributed by atoms with Crippen LogP contribution >= 0.6 is 11.6 Å². The first-order chi connectivity index (χ1) is 15.3. The van der Waals surface area contributed by atoms with E-state index >= 15 is 0 Å². The van der Waals surface area contributed by atoms with Crippen LogP contribution in [0.4, 0.5) is 11.4 Å². The van der Waals surface area contributed by atoms with Crippen LogP contribution in [0.1, 0.15) is 10.4 Å². The number of rotatable bonds is 8. The molecule has 0 spiro atoms. The highest BCUT2D eigenvalue weighted by molar-refractivity contribution is 7.92. The summed E-state index contributed by atoms with van der Waals surface area (Å²) in [6.45, 7) is 0. The topological polar surface area (TPSA) is 103 Å². The van der Waals surface area contributed by atoms with Gasteiger partial charge in [-0.1, -0.05) is 23.7 Å². The molecule has 3 rings (SSSR count). The van der Waals surface area contributed by atoms with Gasteiger partial charge >= 0.3 is 0 Å². The Morgan fingerprint density at radius 1 is 0.875 bits per heavy atom. The highest BCUT2D eigenvalue weighted by Gasteiger charge is 2.18. The number of amides is 1. The summed E-state index contributed by atoms with van der Waals surface area (Å²) >= 11 is 6.02. The molecule has 10 heteroatoms. The van der Waals surface area contributed by atoms with Crippen molar-refractivity contribution in [2.45, 2.75) is 4.90 Å². The summed E-state index contributed by atoms with van der Waals surface area (Å²) in [7, 11) is 0.522. The average Bonchev–Trinajstić information content (AvgIpc) is 2.79. The van der Waals surface area contributed by atoms with Crippen molar-refractivity contribution < 1.29 is 27.4 Å². The molecule has 1 amide bonds. The van der Waals surface area contributed by atoms with Crippen LogP contribution in [-0.2, 0) is 10.0 Å². The van der Waals surface area contributed by atoms with E-state index in [1.165, 1.54) is 57.7 Å². The number of benzene rings is 3. The van der Waals surface area contributed by atoms with Crippen molar-refractivity contribution in [1.29, 1.82) is 0 Å². The second kappa shape index (κ2) is 9.80.